The number of benzene rings is 1. The fraction of sp³-hybridized carbons (Fsp3) is 0.600. The molecule has 1 heterocycles. The van der Waals surface area contributed by atoms with Crippen molar-refractivity contribution >= 4 is 0 Å². The number of hydrogen-bond donors (Lipinski definition) is 1. The molecule has 1 N–H and O–H groups in total. The van der Waals surface area contributed by atoms with Crippen molar-refractivity contribution in [2.24, 2.45) is 0 Å². The molecule has 0 bridgehead atoms. The molecule has 0 aliphatic carbocycles. The lowest BCUT2D eigenvalue weighted by Gasteiger charge is -2.39. The molecule has 100 valence electrons. The molecule has 0 spiro atoms. The summed E-state index contributed by atoms with van der Waals surface area (Å²) in [4.78, 5) is 2.33. The summed E-state index contributed by atoms with van der Waals surface area (Å²) in [6.07, 6.45) is -0.439. The number of aliphatic hydroxyl groups is 1. The van der Waals surface area contributed by atoms with Gasteiger partial charge in [-0.3, -0.25) is 4.90 Å². The van der Waals surface area contributed by atoms with E-state index in [4.69, 9.17) is 4.74 Å². The van der Waals surface area contributed by atoms with Crippen LogP contribution in [-0.2, 0) is 4.74 Å². The summed E-state index contributed by atoms with van der Waals surface area (Å²) >= 11 is 0. The topological polar surface area (TPSA) is 32.7 Å². The number of aryl methyl sites for hydroxylation is 1. The number of nitrogens with zero attached hydrogens (tertiary/aromatic N) is 1. The van der Waals surface area contributed by atoms with Gasteiger partial charge in [0.25, 0.3) is 0 Å². The molecule has 0 radical (unpaired) electrons. The summed E-state index contributed by atoms with van der Waals surface area (Å²) in [6.45, 7) is 8.71. The van der Waals surface area contributed by atoms with Crippen LogP contribution in [-0.4, -0.2) is 41.8 Å². The molecular formula is C15H23NO2. The Bertz CT molecular complexity index is 377. The van der Waals surface area contributed by atoms with Gasteiger partial charge in [-0.15, -0.1) is 0 Å². The Morgan fingerprint density at radius 3 is 2.61 bits per heavy atom. The van der Waals surface area contributed by atoms with Gasteiger partial charge >= 0.3 is 0 Å². The van der Waals surface area contributed by atoms with E-state index in [1.807, 2.05) is 24.3 Å². The van der Waals surface area contributed by atoms with Crippen LogP contribution in [0.2, 0.25) is 0 Å². The van der Waals surface area contributed by atoms with Crippen LogP contribution in [0.15, 0.2) is 24.3 Å². The number of ether oxygens (including phenoxy) is 1. The van der Waals surface area contributed by atoms with Crippen LogP contribution in [0.3, 0.4) is 0 Å². The fourth-order valence-corrected chi connectivity index (χ4v) is 2.57. The lowest BCUT2D eigenvalue weighted by Crippen LogP contribution is -2.50. The summed E-state index contributed by atoms with van der Waals surface area (Å²) in [5.41, 5.74) is 2.21. The molecule has 3 heteroatoms. The van der Waals surface area contributed by atoms with Crippen molar-refractivity contribution in [2.45, 2.75) is 39.0 Å². The highest BCUT2D eigenvalue weighted by Crippen LogP contribution is 2.24. The Morgan fingerprint density at radius 2 is 2.00 bits per heavy atom. The minimum absolute atomic E-state index is 0.117. The lowest BCUT2D eigenvalue weighted by atomic mass is 10.00. The standard InChI is InChI=1S/C15H23NO2/c1-11-4-6-14(7-5-11)15(17)13(3)16-8-9-18-10-12(16)2/h4-7,12-13,15,17H,8-10H2,1-3H3. The molecule has 1 fully saturated rings. The molecule has 1 aliphatic heterocycles. The van der Waals surface area contributed by atoms with E-state index in [9.17, 15) is 5.11 Å². The average molecular weight is 249 g/mol. The van der Waals surface area contributed by atoms with E-state index in [0.717, 1.165) is 25.3 Å². The molecule has 1 aromatic rings. The van der Waals surface area contributed by atoms with Gasteiger partial charge in [0.1, 0.15) is 0 Å². The third-order valence-corrected chi connectivity index (χ3v) is 3.82. The van der Waals surface area contributed by atoms with Gasteiger partial charge in [-0.1, -0.05) is 29.8 Å². The van der Waals surface area contributed by atoms with Gasteiger partial charge in [0, 0.05) is 18.6 Å². The second-order valence-electron chi connectivity index (χ2n) is 5.26. The monoisotopic (exact) mass is 249 g/mol. The van der Waals surface area contributed by atoms with Crippen molar-refractivity contribution in [3.8, 4) is 0 Å². The molecule has 0 saturated carbocycles. The Balaban J connectivity index is 2.07. The van der Waals surface area contributed by atoms with Gasteiger partial charge in [0.05, 0.1) is 19.3 Å². The first-order chi connectivity index (χ1) is 8.59. The van der Waals surface area contributed by atoms with Crippen molar-refractivity contribution in [1.29, 1.82) is 0 Å². The van der Waals surface area contributed by atoms with Crippen LogP contribution in [0, 0.1) is 6.92 Å². The first-order valence-electron chi connectivity index (χ1n) is 6.67. The number of rotatable bonds is 3. The number of hydrogen-bond acceptors (Lipinski definition) is 3. The molecule has 3 nitrogen and oxygen atoms in total. The molecule has 3 unspecified atom stereocenters. The zero-order chi connectivity index (χ0) is 13.1. The maximum atomic E-state index is 10.5. The Kier molecular flexibility index (Phi) is 4.38. The molecule has 0 aromatic heterocycles. The van der Waals surface area contributed by atoms with Crippen LogP contribution in [0.25, 0.3) is 0 Å². The summed E-state index contributed by atoms with van der Waals surface area (Å²) in [7, 11) is 0. The summed E-state index contributed by atoms with van der Waals surface area (Å²) in [5, 5.41) is 10.5. The molecule has 1 saturated heterocycles. The summed E-state index contributed by atoms with van der Waals surface area (Å²) in [6, 6.07) is 8.62. The SMILES string of the molecule is Cc1ccc(C(O)C(C)N2CCOCC2C)cc1. The molecule has 2 rings (SSSR count). The van der Waals surface area contributed by atoms with E-state index in [1.54, 1.807) is 0 Å². The van der Waals surface area contributed by atoms with Gasteiger partial charge in [-0.25, -0.2) is 0 Å². The molecular weight excluding hydrogens is 226 g/mol. The van der Waals surface area contributed by atoms with Crippen LogP contribution in [0.1, 0.15) is 31.1 Å². The van der Waals surface area contributed by atoms with Crippen LogP contribution >= 0.6 is 0 Å². The van der Waals surface area contributed by atoms with Gasteiger partial charge in [-0.2, -0.15) is 0 Å². The highest BCUT2D eigenvalue weighted by molar-refractivity contribution is 5.24. The maximum absolute atomic E-state index is 10.5. The number of morpholine rings is 1. The quantitative estimate of drug-likeness (QED) is 0.891. The molecule has 1 aliphatic rings. The average Bonchev–Trinajstić information content (AvgIpc) is 2.38. The van der Waals surface area contributed by atoms with E-state index < -0.39 is 6.10 Å². The fourth-order valence-electron chi connectivity index (χ4n) is 2.57. The third kappa shape index (κ3) is 2.91. The van der Waals surface area contributed by atoms with E-state index in [1.165, 1.54) is 5.56 Å². The predicted molar refractivity (Wildman–Crippen MR) is 72.6 cm³/mol. The molecule has 18 heavy (non-hydrogen) atoms. The van der Waals surface area contributed by atoms with E-state index in [2.05, 4.69) is 25.7 Å². The molecule has 3 atom stereocenters. The highest BCUT2D eigenvalue weighted by Gasteiger charge is 2.28. The van der Waals surface area contributed by atoms with Crippen molar-refractivity contribution in [2.75, 3.05) is 19.8 Å². The zero-order valence-corrected chi connectivity index (χ0v) is 11.5. The summed E-state index contributed by atoms with van der Waals surface area (Å²) < 4.78 is 5.44. The minimum atomic E-state index is -0.439. The summed E-state index contributed by atoms with van der Waals surface area (Å²) in [5.74, 6) is 0. The second kappa shape index (κ2) is 5.83. The van der Waals surface area contributed by atoms with Crippen LogP contribution < -0.4 is 0 Å². The van der Waals surface area contributed by atoms with Gasteiger partial charge in [0.2, 0.25) is 0 Å². The smallest absolute Gasteiger partial charge is 0.0942 e. The van der Waals surface area contributed by atoms with Gasteiger partial charge in [-0.05, 0) is 26.3 Å². The maximum Gasteiger partial charge on any atom is 0.0942 e. The second-order valence-corrected chi connectivity index (χ2v) is 5.26. The van der Waals surface area contributed by atoms with Gasteiger partial charge < -0.3 is 9.84 Å². The largest absolute Gasteiger partial charge is 0.387 e. The molecule has 0 amide bonds. The van der Waals surface area contributed by atoms with E-state index in [-0.39, 0.29) is 6.04 Å². The van der Waals surface area contributed by atoms with Crippen molar-refractivity contribution in [3.63, 3.8) is 0 Å². The highest BCUT2D eigenvalue weighted by atomic mass is 16.5. The van der Waals surface area contributed by atoms with Crippen molar-refractivity contribution in [3.05, 3.63) is 35.4 Å². The number of aliphatic hydroxyl groups excluding tert-OH is 1. The lowest BCUT2D eigenvalue weighted by molar-refractivity contribution is -0.0490. The Labute approximate surface area is 109 Å². The van der Waals surface area contributed by atoms with E-state index in [0.29, 0.717) is 6.04 Å². The Morgan fingerprint density at radius 1 is 1.33 bits per heavy atom. The van der Waals surface area contributed by atoms with E-state index >= 15 is 0 Å². The molecule has 1 aromatic carbocycles. The third-order valence-electron chi connectivity index (χ3n) is 3.82. The normalized spacial score (nSPS) is 24.8. The van der Waals surface area contributed by atoms with Gasteiger partial charge in [0.15, 0.2) is 0 Å². The predicted octanol–water partition coefficient (Wildman–Crippen LogP) is 2.14. The first-order valence-corrected chi connectivity index (χ1v) is 6.67. The first kappa shape index (κ1) is 13.5. The zero-order valence-electron chi connectivity index (χ0n) is 11.5. The Hall–Kier alpha value is -0.900. The van der Waals surface area contributed by atoms with Crippen LogP contribution in [0.5, 0.6) is 0 Å². The van der Waals surface area contributed by atoms with Crippen LogP contribution in [0.4, 0.5) is 0 Å². The van der Waals surface area contributed by atoms with Crippen molar-refractivity contribution < 1.29 is 9.84 Å². The minimum Gasteiger partial charge on any atom is -0.387 e. The van der Waals surface area contributed by atoms with Crippen molar-refractivity contribution in [1.82, 2.24) is 4.90 Å².